The lowest BCUT2D eigenvalue weighted by Crippen LogP contribution is -2.43. The van der Waals surface area contributed by atoms with E-state index in [-0.39, 0.29) is 0 Å². The first kappa shape index (κ1) is 21.3. The number of carbonyl (C=O) groups is 2. The molecule has 0 aliphatic rings. The number of nitrogens with zero attached hydrogens (tertiary/aromatic N) is 2. The molecule has 1 atom stereocenters. The molecule has 3 rings (SSSR count). The number of hydrogen-bond acceptors (Lipinski definition) is 5. The third-order valence-corrected chi connectivity index (χ3v) is 4.85. The first-order chi connectivity index (χ1) is 14.0. The summed E-state index contributed by atoms with van der Waals surface area (Å²) in [4.78, 5) is 22.6. The molecule has 0 spiro atoms. The number of alkyl halides is 3. The molecule has 3 aromatic rings. The first-order valence-corrected chi connectivity index (χ1v) is 8.87. The van der Waals surface area contributed by atoms with Crippen molar-refractivity contribution in [3.05, 3.63) is 59.8 Å². The van der Waals surface area contributed by atoms with Crippen LogP contribution >= 0.6 is 0 Å². The standard InChI is InChI=1S/C20H19F3N4O3/c1-19(25-2,11-30-18(29)20(21,22)23)13-6-8-14(9-7-13)27-10-12-4-3-5-15(17(24)28)16(12)26-27/h3-10,25H,11H2,1-2H3,(H2,24,28). The van der Waals surface area contributed by atoms with Crippen molar-refractivity contribution in [3.8, 4) is 5.69 Å². The van der Waals surface area contributed by atoms with Gasteiger partial charge in [-0.25, -0.2) is 9.48 Å². The van der Waals surface area contributed by atoms with Gasteiger partial charge in [0.2, 0.25) is 0 Å². The maximum absolute atomic E-state index is 12.4. The zero-order chi connectivity index (χ0) is 22.1. The molecule has 1 unspecified atom stereocenters. The second kappa shape index (κ2) is 7.79. The number of nitrogens with one attached hydrogen (secondary N) is 1. The van der Waals surface area contributed by atoms with Gasteiger partial charge in [0, 0.05) is 11.6 Å². The van der Waals surface area contributed by atoms with Gasteiger partial charge in [-0.1, -0.05) is 24.3 Å². The van der Waals surface area contributed by atoms with E-state index in [4.69, 9.17) is 5.73 Å². The number of hydrogen-bond donors (Lipinski definition) is 2. The van der Waals surface area contributed by atoms with E-state index in [9.17, 15) is 22.8 Å². The van der Waals surface area contributed by atoms with Gasteiger partial charge in [0.15, 0.2) is 0 Å². The molecule has 2 aromatic carbocycles. The summed E-state index contributed by atoms with van der Waals surface area (Å²) in [5.74, 6) is -2.83. The fourth-order valence-electron chi connectivity index (χ4n) is 2.95. The van der Waals surface area contributed by atoms with Crippen molar-refractivity contribution in [3.63, 3.8) is 0 Å². The summed E-state index contributed by atoms with van der Waals surface area (Å²) in [6, 6.07) is 11.9. The van der Waals surface area contributed by atoms with Gasteiger partial charge in [-0.05, 0) is 37.7 Å². The van der Waals surface area contributed by atoms with E-state index in [1.54, 1.807) is 67.3 Å². The summed E-state index contributed by atoms with van der Waals surface area (Å²) in [5, 5.41) is 8.02. The number of amides is 1. The van der Waals surface area contributed by atoms with Crippen molar-refractivity contribution in [1.29, 1.82) is 0 Å². The third kappa shape index (κ3) is 4.13. The Morgan fingerprint density at radius 2 is 1.83 bits per heavy atom. The lowest BCUT2D eigenvalue weighted by molar-refractivity contribution is -0.201. The van der Waals surface area contributed by atoms with Gasteiger partial charge in [0.05, 0.1) is 16.8 Å². The van der Waals surface area contributed by atoms with Crippen LogP contribution in [0.4, 0.5) is 13.2 Å². The molecule has 0 saturated carbocycles. The Labute approximate surface area is 169 Å². The predicted octanol–water partition coefficient (Wildman–Crippen LogP) is 2.66. The molecule has 30 heavy (non-hydrogen) atoms. The second-order valence-electron chi connectivity index (χ2n) is 6.88. The number of primary amides is 1. The van der Waals surface area contributed by atoms with E-state index in [2.05, 4.69) is 15.2 Å². The Hall–Kier alpha value is -3.40. The van der Waals surface area contributed by atoms with Crippen LogP contribution in [-0.2, 0) is 15.1 Å². The number of halogens is 3. The highest BCUT2D eigenvalue weighted by Crippen LogP contribution is 2.25. The van der Waals surface area contributed by atoms with Crippen molar-refractivity contribution in [2.24, 2.45) is 5.73 Å². The molecule has 7 nitrogen and oxygen atoms in total. The fourth-order valence-corrected chi connectivity index (χ4v) is 2.95. The maximum Gasteiger partial charge on any atom is 0.490 e. The zero-order valence-electron chi connectivity index (χ0n) is 16.2. The number of ether oxygens (including phenoxy) is 1. The normalized spacial score (nSPS) is 13.8. The Morgan fingerprint density at radius 3 is 2.40 bits per heavy atom. The smallest absolute Gasteiger partial charge is 0.457 e. The summed E-state index contributed by atoms with van der Waals surface area (Å²) >= 11 is 0. The lowest BCUT2D eigenvalue weighted by Gasteiger charge is -2.29. The minimum absolute atomic E-state index is 0.303. The summed E-state index contributed by atoms with van der Waals surface area (Å²) in [5.41, 5.74) is 6.39. The number of nitrogens with two attached hydrogens (primary N) is 1. The Morgan fingerprint density at radius 1 is 1.17 bits per heavy atom. The van der Waals surface area contributed by atoms with Gasteiger partial charge < -0.3 is 15.8 Å². The van der Waals surface area contributed by atoms with Crippen LogP contribution in [0.25, 0.3) is 16.6 Å². The third-order valence-electron chi connectivity index (χ3n) is 4.85. The van der Waals surface area contributed by atoms with E-state index < -0.39 is 30.2 Å². The molecule has 0 aliphatic heterocycles. The Bertz CT molecular complexity index is 1090. The van der Waals surface area contributed by atoms with E-state index >= 15 is 0 Å². The predicted molar refractivity (Wildman–Crippen MR) is 103 cm³/mol. The SMILES string of the molecule is CNC(C)(COC(=O)C(F)(F)F)c1ccc(-n2cc3cccc(C(N)=O)c3n2)cc1. The average molecular weight is 420 g/mol. The van der Waals surface area contributed by atoms with Crippen molar-refractivity contribution < 1.29 is 27.5 Å². The van der Waals surface area contributed by atoms with Crippen LogP contribution in [0.1, 0.15) is 22.8 Å². The molecule has 1 aromatic heterocycles. The highest BCUT2D eigenvalue weighted by molar-refractivity contribution is 6.04. The van der Waals surface area contributed by atoms with Crippen molar-refractivity contribution in [2.75, 3.05) is 13.7 Å². The van der Waals surface area contributed by atoms with Crippen molar-refractivity contribution in [1.82, 2.24) is 15.1 Å². The molecule has 158 valence electrons. The molecular weight excluding hydrogens is 401 g/mol. The number of benzene rings is 2. The molecule has 1 heterocycles. The van der Waals surface area contributed by atoms with Crippen molar-refractivity contribution >= 4 is 22.8 Å². The molecule has 0 aliphatic carbocycles. The van der Waals surface area contributed by atoms with Gasteiger partial charge in [0.1, 0.15) is 12.1 Å². The van der Waals surface area contributed by atoms with Crippen LogP contribution in [-0.4, -0.2) is 41.5 Å². The highest BCUT2D eigenvalue weighted by atomic mass is 19.4. The Balaban J connectivity index is 1.86. The summed E-state index contributed by atoms with van der Waals surface area (Å²) in [6.07, 6.45) is -3.32. The summed E-state index contributed by atoms with van der Waals surface area (Å²) < 4.78 is 43.2. The van der Waals surface area contributed by atoms with Crippen LogP contribution in [0.2, 0.25) is 0 Å². The Kier molecular flexibility index (Phi) is 5.53. The van der Waals surface area contributed by atoms with Gasteiger partial charge in [-0.3, -0.25) is 4.79 Å². The molecule has 1 amide bonds. The molecule has 0 saturated heterocycles. The minimum atomic E-state index is -5.05. The topological polar surface area (TPSA) is 99.2 Å². The molecule has 0 radical (unpaired) electrons. The second-order valence-corrected chi connectivity index (χ2v) is 6.88. The maximum atomic E-state index is 12.4. The lowest BCUT2D eigenvalue weighted by atomic mass is 9.93. The molecular formula is C20H19F3N4O3. The van der Waals surface area contributed by atoms with Crippen LogP contribution < -0.4 is 11.1 Å². The highest BCUT2D eigenvalue weighted by Gasteiger charge is 2.42. The fraction of sp³-hybridized carbons (Fsp3) is 0.250. The monoisotopic (exact) mass is 420 g/mol. The first-order valence-electron chi connectivity index (χ1n) is 8.87. The van der Waals surface area contributed by atoms with Gasteiger partial charge >= 0.3 is 12.1 Å². The quantitative estimate of drug-likeness (QED) is 0.598. The number of aromatic nitrogens is 2. The number of likely N-dealkylation sites (N-methyl/N-ethyl adjacent to an activating group) is 1. The van der Waals surface area contributed by atoms with E-state index in [1.807, 2.05) is 0 Å². The number of rotatable bonds is 6. The van der Waals surface area contributed by atoms with Crippen LogP contribution in [0, 0.1) is 0 Å². The number of esters is 1. The van der Waals surface area contributed by atoms with Gasteiger partial charge in [-0.15, -0.1) is 0 Å². The summed E-state index contributed by atoms with van der Waals surface area (Å²) in [6.45, 7) is 1.11. The average Bonchev–Trinajstić information content (AvgIpc) is 3.15. The molecule has 3 N–H and O–H groups in total. The largest absolute Gasteiger partial charge is 0.490 e. The molecule has 0 fully saturated rings. The molecule has 10 heteroatoms. The van der Waals surface area contributed by atoms with E-state index in [1.165, 1.54) is 0 Å². The minimum Gasteiger partial charge on any atom is -0.457 e. The zero-order valence-corrected chi connectivity index (χ0v) is 16.2. The number of carbonyl (C=O) groups excluding carboxylic acids is 2. The van der Waals surface area contributed by atoms with Crippen LogP contribution in [0.3, 0.4) is 0 Å². The van der Waals surface area contributed by atoms with E-state index in [0.717, 1.165) is 5.39 Å². The van der Waals surface area contributed by atoms with E-state index in [0.29, 0.717) is 22.3 Å². The summed E-state index contributed by atoms with van der Waals surface area (Å²) in [7, 11) is 1.56. The number of fused-ring (bicyclic) bond motifs is 1. The molecule has 0 bridgehead atoms. The van der Waals surface area contributed by atoms with Crippen LogP contribution in [0.5, 0.6) is 0 Å². The van der Waals surface area contributed by atoms with Gasteiger partial charge in [0.25, 0.3) is 5.91 Å². The van der Waals surface area contributed by atoms with Gasteiger partial charge in [-0.2, -0.15) is 18.3 Å². The van der Waals surface area contributed by atoms with Crippen molar-refractivity contribution in [2.45, 2.75) is 18.6 Å². The van der Waals surface area contributed by atoms with Crippen LogP contribution in [0.15, 0.2) is 48.7 Å².